The molecule has 0 atom stereocenters. The normalized spacial score (nSPS) is 9.92. The lowest BCUT2D eigenvalue weighted by Gasteiger charge is -1.98. The second-order valence-corrected chi connectivity index (χ2v) is 4.88. The summed E-state index contributed by atoms with van der Waals surface area (Å²) in [4.78, 5) is 12.2. The first-order valence-electron chi connectivity index (χ1n) is 3.58. The first-order valence-corrected chi connectivity index (χ1v) is 5.19. The van der Waals surface area contributed by atoms with Gasteiger partial charge >= 0.3 is 5.97 Å². The molecule has 0 fully saturated rings. The van der Waals surface area contributed by atoms with Gasteiger partial charge in [-0.25, -0.2) is 4.79 Å². The average Bonchev–Trinajstić information content (AvgIpc) is 2.30. The van der Waals surface area contributed by atoms with Crippen LogP contribution in [0.3, 0.4) is 0 Å². The number of aryl methyl sites for hydroxylation is 1. The van der Waals surface area contributed by atoms with Crippen molar-refractivity contribution in [1.82, 2.24) is 0 Å². The fourth-order valence-corrected chi connectivity index (χ4v) is 2.54. The molecule has 0 unspecified atom stereocenters. The molecular formula is C8H9BrO2S. The average molecular weight is 249 g/mol. The van der Waals surface area contributed by atoms with Crippen LogP contribution < -0.4 is 0 Å². The molecule has 2 nitrogen and oxygen atoms in total. The van der Waals surface area contributed by atoms with Gasteiger partial charge < -0.3 is 4.74 Å². The number of thiophene rings is 1. The van der Waals surface area contributed by atoms with E-state index in [4.69, 9.17) is 4.74 Å². The van der Waals surface area contributed by atoms with E-state index in [2.05, 4.69) is 15.9 Å². The molecule has 0 saturated heterocycles. The van der Waals surface area contributed by atoms with Crippen molar-refractivity contribution < 1.29 is 9.53 Å². The quantitative estimate of drug-likeness (QED) is 0.753. The van der Waals surface area contributed by atoms with Gasteiger partial charge in [0.1, 0.15) is 0 Å². The fourth-order valence-electron chi connectivity index (χ4n) is 0.857. The molecule has 4 heteroatoms. The predicted octanol–water partition coefficient (Wildman–Crippen LogP) is 3.00. The minimum Gasteiger partial charge on any atom is -0.462 e. The SMILES string of the molecule is CCOC(=O)c1cc(Br)sc1C. The molecule has 0 aliphatic carbocycles. The minimum absolute atomic E-state index is 0.239. The fraction of sp³-hybridized carbons (Fsp3) is 0.375. The standard InChI is InChI=1S/C8H9BrO2S/c1-3-11-8(10)6-4-7(9)12-5(6)2/h4H,3H2,1-2H3. The van der Waals surface area contributed by atoms with Crippen molar-refractivity contribution in [2.24, 2.45) is 0 Å². The van der Waals surface area contributed by atoms with Gasteiger partial charge in [0, 0.05) is 4.88 Å². The maximum absolute atomic E-state index is 11.2. The molecule has 0 aliphatic heterocycles. The monoisotopic (exact) mass is 248 g/mol. The summed E-state index contributed by atoms with van der Waals surface area (Å²) in [7, 11) is 0. The highest BCUT2D eigenvalue weighted by Crippen LogP contribution is 2.26. The van der Waals surface area contributed by atoms with Crippen molar-refractivity contribution in [2.45, 2.75) is 13.8 Å². The molecule has 66 valence electrons. The van der Waals surface area contributed by atoms with E-state index in [1.165, 1.54) is 11.3 Å². The molecule has 0 aliphatic rings. The van der Waals surface area contributed by atoms with Crippen molar-refractivity contribution in [2.75, 3.05) is 6.61 Å². The number of esters is 1. The lowest BCUT2D eigenvalue weighted by molar-refractivity contribution is 0.0526. The van der Waals surface area contributed by atoms with E-state index >= 15 is 0 Å². The van der Waals surface area contributed by atoms with Crippen LogP contribution in [0.4, 0.5) is 0 Å². The Balaban J connectivity index is 2.87. The van der Waals surface area contributed by atoms with Gasteiger partial charge in [-0.2, -0.15) is 0 Å². The minimum atomic E-state index is -0.239. The molecule has 0 saturated carbocycles. The van der Waals surface area contributed by atoms with Crippen molar-refractivity contribution in [3.63, 3.8) is 0 Å². The van der Waals surface area contributed by atoms with E-state index in [9.17, 15) is 4.79 Å². The lowest BCUT2D eigenvalue weighted by Crippen LogP contribution is -2.04. The Morgan fingerprint density at radius 2 is 2.42 bits per heavy atom. The largest absolute Gasteiger partial charge is 0.462 e. The summed E-state index contributed by atoms with van der Waals surface area (Å²) in [6, 6.07) is 1.79. The van der Waals surface area contributed by atoms with Crippen LogP contribution in [-0.2, 0) is 4.74 Å². The molecule has 0 radical (unpaired) electrons. The molecular weight excluding hydrogens is 240 g/mol. The Bertz CT molecular complexity index is 293. The van der Waals surface area contributed by atoms with Crippen molar-refractivity contribution in [3.05, 3.63) is 20.3 Å². The third-order valence-corrected chi connectivity index (χ3v) is 2.94. The molecule has 0 amide bonds. The summed E-state index contributed by atoms with van der Waals surface area (Å²) >= 11 is 4.85. The molecule has 0 N–H and O–H groups in total. The van der Waals surface area contributed by atoms with Crippen LogP contribution in [0, 0.1) is 6.92 Å². The summed E-state index contributed by atoms with van der Waals surface area (Å²) in [6.45, 7) is 4.13. The number of ether oxygens (including phenoxy) is 1. The van der Waals surface area contributed by atoms with Gasteiger partial charge in [-0.05, 0) is 35.8 Å². The summed E-state index contributed by atoms with van der Waals surface area (Å²) in [5, 5.41) is 0. The number of carbonyl (C=O) groups excluding carboxylic acids is 1. The molecule has 1 aromatic heterocycles. The Morgan fingerprint density at radius 3 is 2.83 bits per heavy atom. The molecule has 1 aromatic rings. The maximum atomic E-state index is 11.2. The topological polar surface area (TPSA) is 26.3 Å². The van der Waals surface area contributed by atoms with Gasteiger partial charge in [-0.15, -0.1) is 11.3 Å². The second kappa shape index (κ2) is 4.05. The molecule has 1 rings (SSSR count). The van der Waals surface area contributed by atoms with E-state index in [1.54, 1.807) is 13.0 Å². The van der Waals surface area contributed by atoms with Crippen molar-refractivity contribution in [3.8, 4) is 0 Å². The highest BCUT2D eigenvalue weighted by Gasteiger charge is 2.12. The number of halogens is 1. The molecule has 12 heavy (non-hydrogen) atoms. The summed E-state index contributed by atoms with van der Waals surface area (Å²) in [5.41, 5.74) is 0.661. The number of hydrogen-bond donors (Lipinski definition) is 0. The van der Waals surface area contributed by atoms with Gasteiger partial charge in [0.15, 0.2) is 0 Å². The van der Waals surface area contributed by atoms with E-state index in [0.717, 1.165) is 8.66 Å². The molecule has 0 aromatic carbocycles. The smallest absolute Gasteiger partial charge is 0.339 e. The zero-order valence-corrected chi connectivity index (χ0v) is 9.29. The molecule has 0 bridgehead atoms. The van der Waals surface area contributed by atoms with Gasteiger partial charge in [-0.1, -0.05) is 0 Å². The van der Waals surface area contributed by atoms with Crippen LogP contribution in [0.25, 0.3) is 0 Å². The summed E-state index contributed by atoms with van der Waals surface area (Å²) in [5.74, 6) is -0.239. The summed E-state index contributed by atoms with van der Waals surface area (Å²) in [6.07, 6.45) is 0. The zero-order valence-electron chi connectivity index (χ0n) is 6.89. The number of hydrogen-bond acceptors (Lipinski definition) is 3. The Hall–Kier alpha value is -0.350. The Kier molecular flexibility index (Phi) is 3.29. The van der Waals surface area contributed by atoms with Gasteiger partial charge in [0.2, 0.25) is 0 Å². The van der Waals surface area contributed by atoms with E-state index in [1.807, 2.05) is 6.92 Å². The first kappa shape index (κ1) is 9.74. The highest BCUT2D eigenvalue weighted by atomic mass is 79.9. The Morgan fingerprint density at radius 1 is 1.75 bits per heavy atom. The molecule has 0 spiro atoms. The van der Waals surface area contributed by atoms with Crippen LogP contribution in [-0.4, -0.2) is 12.6 Å². The van der Waals surface area contributed by atoms with Gasteiger partial charge in [0.25, 0.3) is 0 Å². The first-order chi connectivity index (χ1) is 5.65. The highest BCUT2D eigenvalue weighted by molar-refractivity contribution is 9.11. The van der Waals surface area contributed by atoms with E-state index < -0.39 is 0 Å². The maximum Gasteiger partial charge on any atom is 0.339 e. The van der Waals surface area contributed by atoms with E-state index in [0.29, 0.717) is 12.2 Å². The van der Waals surface area contributed by atoms with E-state index in [-0.39, 0.29) is 5.97 Å². The zero-order chi connectivity index (χ0) is 9.14. The third-order valence-electron chi connectivity index (χ3n) is 1.38. The van der Waals surface area contributed by atoms with Crippen LogP contribution in [0.15, 0.2) is 9.85 Å². The van der Waals surface area contributed by atoms with Gasteiger partial charge in [0.05, 0.1) is 16.0 Å². The number of rotatable bonds is 2. The predicted molar refractivity (Wildman–Crippen MR) is 52.7 cm³/mol. The number of carbonyl (C=O) groups is 1. The summed E-state index contributed by atoms with van der Waals surface area (Å²) < 4.78 is 5.83. The van der Waals surface area contributed by atoms with Crippen LogP contribution in [0.5, 0.6) is 0 Å². The second-order valence-electron chi connectivity index (χ2n) is 2.24. The van der Waals surface area contributed by atoms with Crippen molar-refractivity contribution in [1.29, 1.82) is 0 Å². The lowest BCUT2D eigenvalue weighted by atomic mass is 10.3. The van der Waals surface area contributed by atoms with Gasteiger partial charge in [-0.3, -0.25) is 0 Å². The third kappa shape index (κ3) is 2.08. The Labute approximate surface area is 83.7 Å². The van der Waals surface area contributed by atoms with Crippen LogP contribution in [0.2, 0.25) is 0 Å². The van der Waals surface area contributed by atoms with Crippen molar-refractivity contribution >= 4 is 33.2 Å². The van der Waals surface area contributed by atoms with Crippen LogP contribution in [0.1, 0.15) is 22.2 Å². The molecule has 1 heterocycles. The van der Waals surface area contributed by atoms with Crippen LogP contribution >= 0.6 is 27.3 Å².